The Hall–Kier alpha value is -1.20. The Labute approximate surface area is 98.5 Å². The Balaban J connectivity index is 2.25. The molecule has 0 amide bonds. The molecule has 0 fully saturated rings. The summed E-state index contributed by atoms with van der Waals surface area (Å²) in [6.07, 6.45) is 0. The Bertz CT molecular complexity index is 501. The summed E-state index contributed by atoms with van der Waals surface area (Å²) in [7, 11) is 0. The Morgan fingerprint density at radius 2 is 2.12 bits per heavy atom. The third-order valence-electron chi connectivity index (χ3n) is 2.04. The Morgan fingerprint density at radius 1 is 1.38 bits per heavy atom. The molecule has 5 heteroatoms. The van der Waals surface area contributed by atoms with Gasteiger partial charge in [-0.2, -0.15) is 0 Å². The summed E-state index contributed by atoms with van der Waals surface area (Å²) in [5.41, 5.74) is 5.65. The minimum atomic E-state index is -0.192. The normalized spacial score (nSPS) is 12.2. The largest absolute Gasteiger partial charge is 0.383 e. The monoisotopic (exact) mass is 237 g/mol. The van der Waals surface area contributed by atoms with Gasteiger partial charge in [-0.3, -0.25) is 0 Å². The number of nitrogen functional groups attached to an aromatic ring is 1. The average molecular weight is 237 g/mol. The molecular formula is C11H15N3OS. The minimum absolute atomic E-state index is 0.192. The van der Waals surface area contributed by atoms with E-state index in [1.54, 1.807) is 11.3 Å². The minimum Gasteiger partial charge on any atom is -0.383 e. The maximum absolute atomic E-state index is 5.84. The number of hydrogen-bond donors (Lipinski definition) is 1. The first kappa shape index (κ1) is 11.3. The van der Waals surface area contributed by atoms with Crippen molar-refractivity contribution in [3.8, 4) is 0 Å². The molecule has 0 radical (unpaired) electrons. The van der Waals surface area contributed by atoms with E-state index in [9.17, 15) is 0 Å². The third-order valence-corrected chi connectivity index (χ3v) is 2.84. The van der Waals surface area contributed by atoms with E-state index in [4.69, 9.17) is 10.5 Å². The van der Waals surface area contributed by atoms with Crippen molar-refractivity contribution in [3.63, 3.8) is 0 Å². The van der Waals surface area contributed by atoms with Gasteiger partial charge in [0.15, 0.2) is 5.82 Å². The van der Waals surface area contributed by atoms with Gasteiger partial charge in [-0.05, 0) is 32.2 Å². The predicted molar refractivity (Wildman–Crippen MR) is 66.4 cm³/mol. The molecule has 2 heterocycles. The van der Waals surface area contributed by atoms with E-state index < -0.39 is 0 Å². The molecule has 0 unspecified atom stereocenters. The van der Waals surface area contributed by atoms with Gasteiger partial charge in [0, 0.05) is 0 Å². The highest BCUT2D eigenvalue weighted by Crippen LogP contribution is 2.23. The van der Waals surface area contributed by atoms with Crippen LogP contribution in [0.25, 0.3) is 10.2 Å². The Kier molecular flexibility index (Phi) is 2.82. The van der Waals surface area contributed by atoms with Gasteiger partial charge in [0.05, 0.1) is 11.0 Å². The second-order valence-corrected chi connectivity index (χ2v) is 5.46. The van der Waals surface area contributed by atoms with Crippen LogP contribution in [0.1, 0.15) is 26.6 Å². The molecule has 86 valence electrons. The van der Waals surface area contributed by atoms with Gasteiger partial charge in [0.2, 0.25) is 0 Å². The lowest BCUT2D eigenvalue weighted by atomic mass is 10.2. The standard InChI is InChI=1S/C11H15N3OS/c1-11(2,3)15-6-8-13-9(12)7-4-5-16-10(7)14-8/h4-5H,6H2,1-3H3,(H2,12,13,14). The lowest BCUT2D eigenvalue weighted by molar-refractivity contribution is -0.0179. The first-order chi connectivity index (χ1) is 7.46. The van der Waals surface area contributed by atoms with E-state index in [-0.39, 0.29) is 5.60 Å². The number of nitrogens with two attached hydrogens (primary N) is 1. The van der Waals surface area contributed by atoms with Crippen LogP contribution in [0.2, 0.25) is 0 Å². The fourth-order valence-corrected chi connectivity index (χ4v) is 2.06. The summed E-state index contributed by atoms with van der Waals surface area (Å²) in [4.78, 5) is 9.54. The zero-order valence-electron chi connectivity index (χ0n) is 9.65. The molecule has 2 aromatic heterocycles. The van der Waals surface area contributed by atoms with E-state index in [0.717, 1.165) is 10.2 Å². The number of fused-ring (bicyclic) bond motifs is 1. The van der Waals surface area contributed by atoms with Crippen molar-refractivity contribution in [3.05, 3.63) is 17.3 Å². The molecule has 0 saturated heterocycles. The van der Waals surface area contributed by atoms with Crippen LogP contribution < -0.4 is 5.73 Å². The van der Waals surface area contributed by atoms with E-state index in [1.165, 1.54) is 0 Å². The average Bonchev–Trinajstić information content (AvgIpc) is 2.62. The molecular weight excluding hydrogens is 222 g/mol. The first-order valence-electron chi connectivity index (χ1n) is 5.09. The molecule has 0 aliphatic rings. The molecule has 0 atom stereocenters. The third kappa shape index (κ3) is 2.48. The van der Waals surface area contributed by atoms with Crippen molar-refractivity contribution >= 4 is 27.4 Å². The van der Waals surface area contributed by atoms with Crippen LogP contribution in [0.15, 0.2) is 11.4 Å². The summed E-state index contributed by atoms with van der Waals surface area (Å²) in [5, 5.41) is 2.88. The number of anilines is 1. The van der Waals surface area contributed by atoms with Gasteiger partial charge in [0.1, 0.15) is 17.3 Å². The number of nitrogens with zero attached hydrogens (tertiary/aromatic N) is 2. The maximum Gasteiger partial charge on any atom is 0.158 e. The fraction of sp³-hybridized carbons (Fsp3) is 0.455. The van der Waals surface area contributed by atoms with Gasteiger partial charge in [-0.15, -0.1) is 11.3 Å². The maximum atomic E-state index is 5.84. The first-order valence-corrected chi connectivity index (χ1v) is 5.97. The molecule has 2 N–H and O–H groups in total. The van der Waals surface area contributed by atoms with Crippen LogP contribution in [0.5, 0.6) is 0 Å². The molecule has 0 bridgehead atoms. The zero-order valence-corrected chi connectivity index (χ0v) is 10.5. The number of ether oxygens (including phenoxy) is 1. The van der Waals surface area contributed by atoms with Crippen molar-refractivity contribution in [2.75, 3.05) is 5.73 Å². The summed E-state index contributed by atoms with van der Waals surface area (Å²) in [5.74, 6) is 1.17. The summed E-state index contributed by atoms with van der Waals surface area (Å²) in [6.45, 7) is 6.39. The Morgan fingerprint density at radius 3 is 2.81 bits per heavy atom. The van der Waals surface area contributed by atoms with Crippen molar-refractivity contribution in [2.24, 2.45) is 0 Å². The highest BCUT2D eigenvalue weighted by atomic mass is 32.1. The van der Waals surface area contributed by atoms with Gasteiger partial charge in [-0.1, -0.05) is 0 Å². The summed E-state index contributed by atoms with van der Waals surface area (Å²) < 4.78 is 5.62. The molecule has 0 spiro atoms. The number of thiophene rings is 1. The van der Waals surface area contributed by atoms with E-state index >= 15 is 0 Å². The van der Waals surface area contributed by atoms with Crippen LogP contribution in [-0.4, -0.2) is 15.6 Å². The number of hydrogen-bond acceptors (Lipinski definition) is 5. The molecule has 4 nitrogen and oxygen atoms in total. The van der Waals surface area contributed by atoms with Crippen LogP contribution in [0, 0.1) is 0 Å². The van der Waals surface area contributed by atoms with E-state index in [2.05, 4.69) is 9.97 Å². The second-order valence-electron chi connectivity index (χ2n) is 4.57. The molecule has 0 saturated carbocycles. The summed E-state index contributed by atoms with van der Waals surface area (Å²) >= 11 is 1.56. The van der Waals surface area contributed by atoms with Gasteiger partial charge >= 0.3 is 0 Å². The van der Waals surface area contributed by atoms with Crippen molar-refractivity contribution in [2.45, 2.75) is 33.0 Å². The lowest BCUT2D eigenvalue weighted by Gasteiger charge is -2.18. The SMILES string of the molecule is CC(C)(C)OCc1nc(N)c2ccsc2n1. The molecule has 0 aliphatic carbocycles. The van der Waals surface area contributed by atoms with E-state index in [0.29, 0.717) is 18.2 Å². The van der Waals surface area contributed by atoms with Crippen molar-refractivity contribution in [1.82, 2.24) is 9.97 Å². The smallest absolute Gasteiger partial charge is 0.158 e. The summed E-state index contributed by atoms with van der Waals surface area (Å²) in [6, 6.07) is 1.93. The van der Waals surface area contributed by atoms with Gasteiger partial charge < -0.3 is 10.5 Å². The predicted octanol–water partition coefficient (Wildman–Crippen LogP) is 2.59. The highest BCUT2D eigenvalue weighted by molar-refractivity contribution is 7.16. The quantitative estimate of drug-likeness (QED) is 0.872. The van der Waals surface area contributed by atoms with Gasteiger partial charge in [-0.25, -0.2) is 9.97 Å². The fourth-order valence-electron chi connectivity index (χ4n) is 1.27. The highest BCUT2D eigenvalue weighted by Gasteiger charge is 2.12. The van der Waals surface area contributed by atoms with Crippen molar-refractivity contribution in [1.29, 1.82) is 0 Å². The number of rotatable bonds is 2. The van der Waals surface area contributed by atoms with Crippen LogP contribution in [-0.2, 0) is 11.3 Å². The topological polar surface area (TPSA) is 61.0 Å². The lowest BCUT2D eigenvalue weighted by Crippen LogP contribution is -2.19. The van der Waals surface area contributed by atoms with E-state index in [1.807, 2.05) is 32.2 Å². The van der Waals surface area contributed by atoms with Crippen molar-refractivity contribution < 1.29 is 4.74 Å². The molecule has 16 heavy (non-hydrogen) atoms. The van der Waals surface area contributed by atoms with Crippen LogP contribution in [0.3, 0.4) is 0 Å². The molecule has 0 aliphatic heterocycles. The molecule has 0 aromatic carbocycles. The van der Waals surface area contributed by atoms with Crippen LogP contribution >= 0.6 is 11.3 Å². The molecule has 2 aromatic rings. The zero-order chi connectivity index (χ0) is 11.8. The van der Waals surface area contributed by atoms with Crippen LogP contribution in [0.4, 0.5) is 5.82 Å². The second kappa shape index (κ2) is 3.99. The van der Waals surface area contributed by atoms with Gasteiger partial charge in [0.25, 0.3) is 0 Å². The number of aromatic nitrogens is 2. The molecule has 2 rings (SSSR count).